The first-order valence-electron chi connectivity index (χ1n) is 7.24. The number of phenolic OH excluding ortho intramolecular Hbond substituents is 2. The molecule has 1 heterocycles. The molecule has 1 aromatic carbocycles. The third-order valence-electron chi connectivity index (χ3n) is 4.17. The van der Waals surface area contributed by atoms with Crippen molar-refractivity contribution in [2.24, 2.45) is 5.10 Å². The van der Waals surface area contributed by atoms with Gasteiger partial charge in [0.1, 0.15) is 17.0 Å². The summed E-state index contributed by atoms with van der Waals surface area (Å²) in [7, 11) is 0. The van der Waals surface area contributed by atoms with Crippen LogP contribution in [0.2, 0.25) is 0 Å². The second kappa shape index (κ2) is 5.32. The quantitative estimate of drug-likeness (QED) is 0.571. The van der Waals surface area contributed by atoms with Crippen LogP contribution in [0, 0.1) is 0 Å². The van der Waals surface area contributed by atoms with E-state index in [1.165, 1.54) is 18.3 Å². The molecule has 3 amide bonds. The predicted molar refractivity (Wildman–Crippen MR) is 78.6 cm³/mol. The predicted octanol–water partition coefficient (Wildman–Crippen LogP) is 1.69. The van der Waals surface area contributed by atoms with E-state index in [1.54, 1.807) is 0 Å². The van der Waals surface area contributed by atoms with Crippen molar-refractivity contribution in [3.8, 4) is 11.5 Å². The highest BCUT2D eigenvalue weighted by atomic mass is 16.3. The van der Waals surface area contributed by atoms with Crippen LogP contribution in [0.4, 0.5) is 4.79 Å². The number of urea groups is 1. The number of imide groups is 1. The topological polar surface area (TPSA) is 102 Å². The number of rotatable bonds is 2. The van der Waals surface area contributed by atoms with E-state index in [9.17, 15) is 19.8 Å². The Bertz CT molecular complexity index is 650. The maximum absolute atomic E-state index is 12.5. The molecule has 2 aliphatic rings. The van der Waals surface area contributed by atoms with Crippen molar-refractivity contribution in [2.75, 3.05) is 0 Å². The first-order chi connectivity index (χ1) is 10.5. The number of phenols is 2. The largest absolute Gasteiger partial charge is 0.508 e. The van der Waals surface area contributed by atoms with Crippen molar-refractivity contribution in [3.63, 3.8) is 0 Å². The number of hydrogen-bond acceptors (Lipinski definition) is 5. The van der Waals surface area contributed by atoms with Gasteiger partial charge in [0.05, 0.1) is 6.21 Å². The number of hydrogen-bond donors (Lipinski definition) is 3. The Morgan fingerprint density at radius 3 is 2.59 bits per heavy atom. The summed E-state index contributed by atoms with van der Waals surface area (Å²) >= 11 is 0. The minimum atomic E-state index is -0.816. The zero-order valence-corrected chi connectivity index (χ0v) is 12.0. The van der Waals surface area contributed by atoms with Crippen molar-refractivity contribution >= 4 is 18.2 Å². The summed E-state index contributed by atoms with van der Waals surface area (Å²) in [5, 5.41) is 26.4. The summed E-state index contributed by atoms with van der Waals surface area (Å²) in [6, 6.07) is 3.45. The van der Waals surface area contributed by atoms with Gasteiger partial charge in [0, 0.05) is 11.6 Å². The molecular formula is C15H17N3O4. The molecule has 7 heteroatoms. The molecule has 22 heavy (non-hydrogen) atoms. The van der Waals surface area contributed by atoms with Gasteiger partial charge in [-0.15, -0.1) is 5.01 Å². The normalized spacial score (nSPS) is 20.8. The molecule has 0 aromatic heterocycles. The van der Waals surface area contributed by atoms with Gasteiger partial charge < -0.3 is 15.5 Å². The highest BCUT2D eigenvalue weighted by Crippen LogP contribution is 2.33. The Hall–Kier alpha value is -2.57. The molecule has 116 valence electrons. The van der Waals surface area contributed by atoms with E-state index in [-0.39, 0.29) is 17.4 Å². The molecule has 2 fully saturated rings. The standard InChI is InChI=1S/C15H17N3O4/c19-11-5-4-10(12(20)8-11)9-16-18-13(21)15(17-14(18)22)6-2-1-3-7-15/h4-5,8-9,19-20H,1-3,6-7H2,(H,17,22). The van der Waals surface area contributed by atoms with Crippen LogP contribution in [0.5, 0.6) is 11.5 Å². The van der Waals surface area contributed by atoms with Crippen molar-refractivity contribution in [2.45, 2.75) is 37.6 Å². The van der Waals surface area contributed by atoms with E-state index in [4.69, 9.17) is 0 Å². The van der Waals surface area contributed by atoms with Gasteiger partial charge in [0.15, 0.2) is 0 Å². The zero-order valence-electron chi connectivity index (χ0n) is 12.0. The summed E-state index contributed by atoms with van der Waals surface area (Å²) in [4.78, 5) is 24.5. The molecule has 1 saturated heterocycles. The number of benzene rings is 1. The van der Waals surface area contributed by atoms with Crippen LogP contribution < -0.4 is 5.32 Å². The average molecular weight is 303 g/mol. The van der Waals surface area contributed by atoms with Crippen LogP contribution in [-0.4, -0.2) is 38.9 Å². The second-order valence-corrected chi connectivity index (χ2v) is 5.68. The number of aromatic hydroxyl groups is 2. The highest BCUT2D eigenvalue weighted by Gasteiger charge is 2.51. The number of nitrogens with zero attached hydrogens (tertiary/aromatic N) is 2. The number of amides is 3. The molecule has 7 nitrogen and oxygen atoms in total. The summed E-state index contributed by atoms with van der Waals surface area (Å²) < 4.78 is 0. The summed E-state index contributed by atoms with van der Waals surface area (Å²) in [6.07, 6.45) is 5.37. The molecule has 0 atom stereocenters. The Labute approximate surface area is 127 Å². The number of hydrazone groups is 1. The van der Waals surface area contributed by atoms with Crippen LogP contribution in [0.3, 0.4) is 0 Å². The number of carbonyl (C=O) groups excluding carboxylic acids is 2. The van der Waals surface area contributed by atoms with Gasteiger partial charge in [-0.25, -0.2) is 4.79 Å². The molecule has 1 saturated carbocycles. The molecule has 3 rings (SSSR count). The van der Waals surface area contributed by atoms with Crippen molar-refractivity contribution in [1.82, 2.24) is 10.3 Å². The average Bonchev–Trinajstić information content (AvgIpc) is 2.71. The molecule has 1 aliphatic carbocycles. The van der Waals surface area contributed by atoms with Crippen molar-refractivity contribution in [1.29, 1.82) is 0 Å². The van der Waals surface area contributed by atoms with Crippen molar-refractivity contribution < 1.29 is 19.8 Å². The maximum atomic E-state index is 12.5. The first kappa shape index (κ1) is 14.4. The van der Waals surface area contributed by atoms with E-state index in [1.807, 2.05) is 0 Å². The summed E-state index contributed by atoms with van der Waals surface area (Å²) in [5.74, 6) is -0.597. The molecule has 3 N–H and O–H groups in total. The SMILES string of the molecule is O=C1NC2(CCCCC2)C(=O)N1N=Cc1ccc(O)cc1O. The fourth-order valence-corrected chi connectivity index (χ4v) is 2.97. The van der Waals surface area contributed by atoms with Crippen LogP contribution in [0.1, 0.15) is 37.7 Å². The van der Waals surface area contributed by atoms with Gasteiger partial charge >= 0.3 is 6.03 Å². The van der Waals surface area contributed by atoms with Gasteiger partial charge in [-0.3, -0.25) is 4.79 Å². The van der Waals surface area contributed by atoms with E-state index in [0.29, 0.717) is 18.4 Å². The molecule has 0 radical (unpaired) electrons. The van der Waals surface area contributed by atoms with Crippen LogP contribution in [0.25, 0.3) is 0 Å². The third kappa shape index (κ3) is 2.38. The second-order valence-electron chi connectivity index (χ2n) is 5.68. The molecule has 1 aliphatic heterocycles. The van der Waals surface area contributed by atoms with E-state index in [2.05, 4.69) is 10.4 Å². The Balaban J connectivity index is 1.81. The first-order valence-corrected chi connectivity index (χ1v) is 7.24. The summed E-state index contributed by atoms with van der Waals surface area (Å²) in [6.45, 7) is 0. The van der Waals surface area contributed by atoms with Gasteiger partial charge in [0.25, 0.3) is 5.91 Å². The highest BCUT2D eigenvalue weighted by molar-refractivity contribution is 6.07. The number of carbonyl (C=O) groups is 2. The Morgan fingerprint density at radius 1 is 1.18 bits per heavy atom. The Morgan fingerprint density at radius 2 is 1.91 bits per heavy atom. The van der Waals surface area contributed by atoms with Crippen LogP contribution in [-0.2, 0) is 4.79 Å². The minimum Gasteiger partial charge on any atom is -0.508 e. The lowest BCUT2D eigenvalue weighted by atomic mass is 9.82. The number of nitrogens with one attached hydrogen (secondary N) is 1. The van der Waals surface area contributed by atoms with Gasteiger partial charge in [-0.2, -0.15) is 5.10 Å². The summed E-state index contributed by atoms with van der Waals surface area (Å²) in [5.41, 5.74) is -0.507. The van der Waals surface area contributed by atoms with E-state index in [0.717, 1.165) is 30.3 Å². The molecule has 1 spiro atoms. The fourth-order valence-electron chi connectivity index (χ4n) is 2.97. The maximum Gasteiger partial charge on any atom is 0.346 e. The molecule has 1 aromatic rings. The minimum absolute atomic E-state index is 0.0780. The van der Waals surface area contributed by atoms with Gasteiger partial charge in [-0.1, -0.05) is 19.3 Å². The van der Waals surface area contributed by atoms with Crippen molar-refractivity contribution in [3.05, 3.63) is 23.8 Å². The van der Waals surface area contributed by atoms with E-state index >= 15 is 0 Å². The third-order valence-corrected chi connectivity index (χ3v) is 4.17. The molecule has 0 unspecified atom stereocenters. The lowest BCUT2D eigenvalue weighted by Crippen LogP contribution is -2.48. The van der Waals surface area contributed by atoms with Gasteiger partial charge in [0.2, 0.25) is 0 Å². The lowest BCUT2D eigenvalue weighted by molar-refractivity contribution is -0.132. The smallest absolute Gasteiger partial charge is 0.346 e. The zero-order chi connectivity index (χ0) is 15.7. The fraction of sp³-hybridized carbons (Fsp3) is 0.400. The lowest BCUT2D eigenvalue weighted by Gasteiger charge is -2.29. The molecule has 0 bridgehead atoms. The molecular weight excluding hydrogens is 286 g/mol. The van der Waals surface area contributed by atoms with Gasteiger partial charge in [-0.05, 0) is 25.0 Å². The van der Waals surface area contributed by atoms with E-state index < -0.39 is 11.6 Å². The Kier molecular flexibility index (Phi) is 3.48. The van der Waals surface area contributed by atoms with Crippen LogP contribution >= 0.6 is 0 Å². The monoisotopic (exact) mass is 303 g/mol. The van der Waals surface area contributed by atoms with Crippen LogP contribution in [0.15, 0.2) is 23.3 Å².